The largest absolute Gasteiger partial charge is 0.353 e. The SMILES string of the molecule is O=C(OO)C(C/C=C/I)(c1ccccc1)C1CN2CCC1CC2. The van der Waals surface area contributed by atoms with E-state index in [0.717, 1.165) is 38.0 Å². The first kappa shape index (κ1) is 16.9. The van der Waals surface area contributed by atoms with E-state index in [1.54, 1.807) is 0 Å². The van der Waals surface area contributed by atoms with Crippen molar-refractivity contribution < 1.29 is 14.9 Å². The number of benzene rings is 1. The number of piperidine rings is 3. The van der Waals surface area contributed by atoms with Gasteiger partial charge in [0, 0.05) is 6.54 Å². The molecule has 1 N–H and O–H groups in total. The predicted octanol–water partition coefficient (Wildman–Crippen LogP) is 3.62. The lowest BCUT2D eigenvalue weighted by molar-refractivity contribution is -0.245. The van der Waals surface area contributed by atoms with Gasteiger partial charge < -0.3 is 4.90 Å². The van der Waals surface area contributed by atoms with Gasteiger partial charge in [-0.3, -0.25) is 4.89 Å². The second-order valence-corrected chi connectivity index (χ2v) is 7.25. The molecule has 2 atom stereocenters. The quantitative estimate of drug-likeness (QED) is 0.443. The number of hydrogen-bond donors (Lipinski definition) is 1. The number of hydrogen-bond acceptors (Lipinski definition) is 4. The predicted molar refractivity (Wildman–Crippen MR) is 97.3 cm³/mol. The van der Waals surface area contributed by atoms with E-state index in [4.69, 9.17) is 0 Å². The molecule has 4 rings (SSSR count). The van der Waals surface area contributed by atoms with Crippen LogP contribution in [0.2, 0.25) is 0 Å². The first-order valence-electron chi connectivity index (χ1n) is 8.11. The summed E-state index contributed by atoms with van der Waals surface area (Å²) in [5.41, 5.74) is 0.119. The minimum absolute atomic E-state index is 0.166. The van der Waals surface area contributed by atoms with Crippen molar-refractivity contribution in [3.05, 3.63) is 46.1 Å². The Morgan fingerprint density at radius 2 is 2.04 bits per heavy atom. The number of nitrogens with zero attached hydrogens (tertiary/aromatic N) is 1. The van der Waals surface area contributed by atoms with Crippen LogP contribution in [0.3, 0.4) is 0 Å². The summed E-state index contributed by atoms with van der Waals surface area (Å²) in [6.07, 6.45) is 4.79. The molecule has 0 amide bonds. The van der Waals surface area contributed by atoms with E-state index in [9.17, 15) is 10.1 Å². The number of carbonyl (C=O) groups excluding carboxylic acids is 1. The van der Waals surface area contributed by atoms with Gasteiger partial charge in [0.1, 0.15) is 5.41 Å². The van der Waals surface area contributed by atoms with Gasteiger partial charge in [-0.2, -0.15) is 5.26 Å². The molecule has 3 aliphatic rings. The minimum atomic E-state index is -0.818. The first-order chi connectivity index (χ1) is 11.2. The highest BCUT2D eigenvalue weighted by molar-refractivity contribution is 14.1. The molecular formula is C18H22INO3. The molecule has 4 nitrogen and oxygen atoms in total. The zero-order valence-electron chi connectivity index (χ0n) is 13.0. The summed E-state index contributed by atoms with van der Waals surface area (Å²) in [4.78, 5) is 19.6. The Balaban J connectivity index is 2.09. The number of fused-ring (bicyclic) bond motifs is 3. The monoisotopic (exact) mass is 427 g/mol. The highest BCUT2D eigenvalue weighted by atomic mass is 127. The molecule has 3 heterocycles. The summed E-state index contributed by atoms with van der Waals surface area (Å²) in [6.45, 7) is 3.12. The van der Waals surface area contributed by atoms with Crippen molar-refractivity contribution in [1.29, 1.82) is 0 Å². The van der Waals surface area contributed by atoms with Crippen LogP contribution in [0.1, 0.15) is 24.8 Å². The third kappa shape index (κ3) is 3.06. The first-order valence-corrected chi connectivity index (χ1v) is 9.36. The van der Waals surface area contributed by atoms with Crippen LogP contribution in [0.5, 0.6) is 0 Å². The standard InChI is InChI=1S/C18H22INO3/c19-10-4-9-18(17(21)23-22,15-5-2-1-3-6-15)16-13-20-11-7-14(16)8-12-20/h1-6,10,14,16,22H,7-9,11-13H2/b10-4+. The molecule has 3 aliphatic heterocycles. The Morgan fingerprint density at radius 3 is 2.57 bits per heavy atom. The van der Waals surface area contributed by atoms with E-state index < -0.39 is 11.4 Å². The van der Waals surface area contributed by atoms with E-state index >= 15 is 0 Å². The van der Waals surface area contributed by atoms with Crippen molar-refractivity contribution in [3.63, 3.8) is 0 Å². The molecule has 0 radical (unpaired) electrons. The Hall–Kier alpha value is -0.920. The van der Waals surface area contributed by atoms with E-state index in [0.29, 0.717) is 12.3 Å². The van der Waals surface area contributed by atoms with Crippen LogP contribution in [0.25, 0.3) is 0 Å². The van der Waals surface area contributed by atoms with Crippen LogP contribution in [0.15, 0.2) is 40.5 Å². The fraction of sp³-hybridized carbons (Fsp3) is 0.500. The lowest BCUT2D eigenvalue weighted by Crippen LogP contribution is -2.57. The summed E-state index contributed by atoms with van der Waals surface area (Å²) >= 11 is 2.17. The molecule has 3 saturated heterocycles. The van der Waals surface area contributed by atoms with E-state index in [1.165, 1.54) is 0 Å². The summed E-state index contributed by atoms with van der Waals surface area (Å²) < 4.78 is 1.93. The molecule has 1 aromatic rings. The lowest BCUT2D eigenvalue weighted by atomic mass is 9.59. The van der Waals surface area contributed by atoms with Crippen LogP contribution in [-0.4, -0.2) is 35.8 Å². The van der Waals surface area contributed by atoms with Crippen molar-refractivity contribution in [2.45, 2.75) is 24.7 Å². The van der Waals surface area contributed by atoms with Crippen molar-refractivity contribution in [2.75, 3.05) is 19.6 Å². The van der Waals surface area contributed by atoms with Crippen LogP contribution in [0.4, 0.5) is 0 Å². The average Bonchev–Trinajstić information content (AvgIpc) is 2.64. The number of rotatable bonds is 5. The average molecular weight is 427 g/mol. The second-order valence-electron chi connectivity index (χ2n) is 6.53. The van der Waals surface area contributed by atoms with Crippen LogP contribution >= 0.6 is 22.6 Å². The third-order valence-electron chi connectivity index (χ3n) is 5.55. The lowest BCUT2D eigenvalue weighted by Gasteiger charge is -2.51. The Kier molecular flexibility index (Phi) is 5.38. The van der Waals surface area contributed by atoms with Gasteiger partial charge in [0.2, 0.25) is 0 Å². The van der Waals surface area contributed by atoms with Crippen LogP contribution < -0.4 is 0 Å². The molecule has 0 aromatic heterocycles. The van der Waals surface area contributed by atoms with Gasteiger partial charge >= 0.3 is 5.97 Å². The topological polar surface area (TPSA) is 49.8 Å². The summed E-state index contributed by atoms with van der Waals surface area (Å²) in [5.74, 6) is 0.138. The molecule has 3 fully saturated rings. The maximum atomic E-state index is 12.8. The fourth-order valence-corrected chi connectivity index (χ4v) is 4.66. The molecule has 1 aromatic carbocycles. The normalized spacial score (nSPS) is 29.4. The zero-order chi connectivity index (χ0) is 16.3. The smallest absolute Gasteiger partial charge is 0.303 e. The molecule has 2 unspecified atom stereocenters. The van der Waals surface area contributed by atoms with Gasteiger partial charge in [-0.25, -0.2) is 4.79 Å². The Bertz CT molecular complexity index is 569. The van der Waals surface area contributed by atoms with Crippen LogP contribution in [-0.2, 0) is 15.1 Å². The van der Waals surface area contributed by atoms with E-state index in [2.05, 4.69) is 32.4 Å². The molecule has 0 spiro atoms. The number of carbonyl (C=O) groups is 1. The number of allylic oxidation sites excluding steroid dienone is 1. The summed E-state index contributed by atoms with van der Waals surface area (Å²) in [6, 6.07) is 9.81. The highest BCUT2D eigenvalue weighted by Crippen LogP contribution is 2.47. The molecule has 0 saturated carbocycles. The van der Waals surface area contributed by atoms with Crippen molar-refractivity contribution in [1.82, 2.24) is 4.90 Å². The maximum Gasteiger partial charge on any atom is 0.353 e. The molecule has 124 valence electrons. The molecule has 2 bridgehead atoms. The minimum Gasteiger partial charge on any atom is -0.303 e. The van der Waals surface area contributed by atoms with Gasteiger partial charge in [0.05, 0.1) is 0 Å². The van der Waals surface area contributed by atoms with Crippen LogP contribution in [0, 0.1) is 11.8 Å². The molecule has 5 heteroatoms. The van der Waals surface area contributed by atoms with Crippen molar-refractivity contribution in [3.8, 4) is 0 Å². The maximum absolute atomic E-state index is 12.8. The molecular weight excluding hydrogens is 405 g/mol. The van der Waals surface area contributed by atoms with Crippen molar-refractivity contribution >= 4 is 28.6 Å². The highest BCUT2D eigenvalue weighted by Gasteiger charge is 2.53. The molecule has 0 aliphatic carbocycles. The summed E-state index contributed by atoms with van der Waals surface area (Å²) in [5, 5.41) is 9.24. The third-order valence-corrected chi connectivity index (χ3v) is 6.06. The van der Waals surface area contributed by atoms with Gasteiger partial charge in [0.15, 0.2) is 0 Å². The van der Waals surface area contributed by atoms with Gasteiger partial charge in [0.25, 0.3) is 0 Å². The van der Waals surface area contributed by atoms with E-state index in [-0.39, 0.29) is 5.92 Å². The fourth-order valence-electron chi connectivity index (χ4n) is 4.41. The summed E-state index contributed by atoms with van der Waals surface area (Å²) in [7, 11) is 0. The van der Waals surface area contributed by atoms with Gasteiger partial charge in [-0.05, 0) is 53.8 Å². The van der Waals surface area contributed by atoms with Crippen molar-refractivity contribution in [2.24, 2.45) is 11.8 Å². The molecule has 23 heavy (non-hydrogen) atoms. The second kappa shape index (κ2) is 7.32. The van der Waals surface area contributed by atoms with Gasteiger partial charge in [-0.15, -0.1) is 0 Å². The van der Waals surface area contributed by atoms with Gasteiger partial charge in [-0.1, -0.05) is 59.0 Å². The van der Waals surface area contributed by atoms with E-state index in [1.807, 2.05) is 40.5 Å². The number of halogens is 1. The Morgan fingerprint density at radius 1 is 1.35 bits per heavy atom. The zero-order valence-corrected chi connectivity index (χ0v) is 15.2. The Labute approximate surface area is 150 Å².